The molecule has 0 aliphatic heterocycles. The average Bonchev–Trinajstić information content (AvgIpc) is 2.14. The van der Waals surface area contributed by atoms with Crippen LogP contribution in [0.5, 0.6) is 0 Å². The van der Waals surface area contributed by atoms with Gasteiger partial charge in [-0.1, -0.05) is 12.1 Å². The Morgan fingerprint density at radius 1 is 1.25 bits per heavy atom. The molecule has 0 spiro atoms. The van der Waals surface area contributed by atoms with E-state index in [0.717, 1.165) is 12.1 Å². The number of halogens is 4. The Kier molecular flexibility index (Phi) is 5.56. The molecule has 1 aromatic rings. The van der Waals surface area contributed by atoms with Crippen LogP contribution in [0.1, 0.15) is 11.1 Å². The molecule has 0 aliphatic rings. The summed E-state index contributed by atoms with van der Waals surface area (Å²) in [5.74, 6) is -0.146. The van der Waals surface area contributed by atoms with Gasteiger partial charge < -0.3 is 11.5 Å². The second kappa shape index (κ2) is 5.92. The van der Waals surface area contributed by atoms with Gasteiger partial charge in [-0.3, -0.25) is 0 Å². The minimum Gasteiger partial charge on any atom is -0.370 e. The highest BCUT2D eigenvalue weighted by molar-refractivity contribution is 14.0. The van der Waals surface area contributed by atoms with E-state index in [2.05, 4.69) is 4.99 Å². The SMILES string of the molecule is I.NC(N)=NCc1cccc(C(F)(F)F)c1. The Morgan fingerprint density at radius 2 is 1.88 bits per heavy atom. The van der Waals surface area contributed by atoms with E-state index in [0.29, 0.717) is 5.56 Å². The van der Waals surface area contributed by atoms with Gasteiger partial charge in [0.05, 0.1) is 12.1 Å². The smallest absolute Gasteiger partial charge is 0.370 e. The Morgan fingerprint density at radius 3 is 2.38 bits per heavy atom. The third kappa shape index (κ3) is 4.69. The summed E-state index contributed by atoms with van der Waals surface area (Å²) < 4.78 is 36.8. The summed E-state index contributed by atoms with van der Waals surface area (Å²) in [6.45, 7) is 0.0479. The van der Waals surface area contributed by atoms with Crippen LogP contribution in [0.3, 0.4) is 0 Å². The topological polar surface area (TPSA) is 64.4 Å². The summed E-state index contributed by atoms with van der Waals surface area (Å²) in [6, 6.07) is 4.87. The van der Waals surface area contributed by atoms with Crippen molar-refractivity contribution in [3.8, 4) is 0 Å². The molecule has 0 unspecified atom stereocenters. The molecule has 7 heteroatoms. The number of nitrogens with zero attached hydrogens (tertiary/aromatic N) is 1. The maximum Gasteiger partial charge on any atom is 0.416 e. The third-order valence-electron chi connectivity index (χ3n) is 1.70. The van der Waals surface area contributed by atoms with Gasteiger partial charge in [0.15, 0.2) is 5.96 Å². The van der Waals surface area contributed by atoms with Gasteiger partial charge in [-0.05, 0) is 17.7 Å². The molecule has 4 N–H and O–H groups in total. The van der Waals surface area contributed by atoms with E-state index < -0.39 is 11.7 Å². The number of alkyl halides is 3. The molecule has 0 fully saturated rings. The molecule has 0 aromatic heterocycles. The molecule has 0 radical (unpaired) electrons. The zero-order valence-electron chi connectivity index (χ0n) is 8.16. The van der Waals surface area contributed by atoms with Crippen LogP contribution < -0.4 is 11.5 Å². The molecule has 0 atom stereocenters. The Hall–Kier alpha value is -0.990. The number of rotatable bonds is 2. The van der Waals surface area contributed by atoms with Crippen molar-refractivity contribution in [2.75, 3.05) is 0 Å². The average molecular weight is 345 g/mol. The van der Waals surface area contributed by atoms with Gasteiger partial charge in [0, 0.05) is 0 Å². The predicted octanol–water partition coefficient (Wildman–Crippen LogP) is 2.10. The van der Waals surface area contributed by atoms with Crippen LogP contribution in [0, 0.1) is 0 Å². The van der Waals surface area contributed by atoms with E-state index in [1.807, 2.05) is 0 Å². The van der Waals surface area contributed by atoms with Crippen molar-refractivity contribution in [2.45, 2.75) is 12.7 Å². The van der Waals surface area contributed by atoms with Crippen LogP contribution >= 0.6 is 24.0 Å². The summed E-state index contributed by atoms with van der Waals surface area (Å²) in [4.78, 5) is 3.62. The molecule has 0 bridgehead atoms. The second-order valence-corrected chi connectivity index (χ2v) is 2.94. The van der Waals surface area contributed by atoms with Crippen molar-refractivity contribution in [2.24, 2.45) is 16.5 Å². The van der Waals surface area contributed by atoms with Gasteiger partial charge in [0.25, 0.3) is 0 Å². The monoisotopic (exact) mass is 345 g/mol. The molecule has 0 heterocycles. The summed E-state index contributed by atoms with van der Waals surface area (Å²) in [5, 5.41) is 0. The fraction of sp³-hybridized carbons (Fsp3) is 0.222. The highest BCUT2D eigenvalue weighted by Crippen LogP contribution is 2.29. The molecule has 1 aromatic carbocycles. The number of nitrogens with two attached hydrogens (primary N) is 2. The predicted molar refractivity (Wildman–Crippen MR) is 66.4 cm³/mol. The lowest BCUT2D eigenvalue weighted by Gasteiger charge is -2.07. The maximum atomic E-state index is 12.3. The maximum absolute atomic E-state index is 12.3. The normalized spacial score (nSPS) is 10.4. The van der Waals surface area contributed by atoms with E-state index >= 15 is 0 Å². The van der Waals surface area contributed by atoms with Gasteiger partial charge >= 0.3 is 6.18 Å². The molecule has 90 valence electrons. The van der Waals surface area contributed by atoms with Crippen LogP contribution in [-0.2, 0) is 12.7 Å². The number of guanidine groups is 1. The summed E-state index contributed by atoms with van der Waals surface area (Å²) >= 11 is 0. The van der Waals surface area contributed by atoms with Crippen molar-refractivity contribution in [3.05, 3.63) is 35.4 Å². The molecule has 0 saturated carbocycles. The van der Waals surface area contributed by atoms with Crippen LogP contribution in [0.15, 0.2) is 29.3 Å². The van der Waals surface area contributed by atoms with Gasteiger partial charge in [-0.15, -0.1) is 24.0 Å². The lowest BCUT2D eigenvalue weighted by molar-refractivity contribution is -0.137. The van der Waals surface area contributed by atoms with E-state index in [4.69, 9.17) is 11.5 Å². The number of hydrogen-bond acceptors (Lipinski definition) is 1. The van der Waals surface area contributed by atoms with Crippen LogP contribution in [0.25, 0.3) is 0 Å². The van der Waals surface area contributed by atoms with Crippen LogP contribution in [0.4, 0.5) is 13.2 Å². The minimum absolute atomic E-state index is 0. The zero-order chi connectivity index (χ0) is 11.5. The lowest BCUT2D eigenvalue weighted by atomic mass is 10.1. The van der Waals surface area contributed by atoms with Crippen molar-refractivity contribution < 1.29 is 13.2 Å². The first-order chi connectivity index (χ1) is 6.89. The van der Waals surface area contributed by atoms with Gasteiger partial charge in [-0.25, -0.2) is 4.99 Å². The quantitative estimate of drug-likeness (QED) is 0.490. The summed E-state index contributed by atoms with van der Waals surface area (Å²) in [7, 11) is 0. The minimum atomic E-state index is -4.34. The molecular formula is C9H11F3IN3. The Balaban J connectivity index is 0.00000225. The standard InChI is InChI=1S/C9H10F3N3.HI/c10-9(11,12)7-3-1-2-6(4-7)5-15-8(13)14;/h1-4H,5H2,(H4,13,14,15);1H. The second-order valence-electron chi connectivity index (χ2n) is 2.94. The Bertz CT molecular complexity index is 373. The molecule has 0 amide bonds. The fourth-order valence-corrected chi connectivity index (χ4v) is 1.03. The number of aliphatic imine (C=N–C) groups is 1. The van der Waals surface area contributed by atoms with E-state index in [9.17, 15) is 13.2 Å². The summed E-state index contributed by atoms with van der Waals surface area (Å²) in [6.07, 6.45) is -4.34. The van der Waals surface area contributed by atoms with Crippen LogP contribution in [0.2, 0.25) is 0 Å². The number of benzene rings is 1. The molecule has 0 aliphatic carbocycles. The van der Waals surface area contributed by atoms with Crippen molar-refractivity contribution in [1.82, 2.24) is 0 Å². The largest absolute Gasteiger partial charge is 0.416 e. The molecule has 0 saturated heterocycles. The van der Waals surface area contributed by atoms with Crippen molar-refractivity contribution in [1.29, 1.82) is 0 Å². The zero-order valence-corrected chi connectivity index (χ0v) is 10.5. The first-order valence-corrected chi connectivity index (χ1v) is 4.11. The third-order valence-corrected chi connectivity index (χ3v) is 1.70. The molecule has 16 heavy (non-hydrogen) atoms. The molecule has 3 nitrogen and oxygen atoms in total. The van der Waals surface area contributed by atoms with E-state index in [1.165, 1.54) is 12.1 Å². The first kappa shape index (κ1) is 15.0. The highest BCUT2D eigenvalue weighted by Gasteiger charge is 2.30. The first-order valence-electron chi connectivity index (χ1n) is 4.11. The Labute approximate surface area is 108 Å². The van der Waals surface area contributed by atoms with Crippen molar-refractivity contribution in [3.63, 3.8) is 0 Å². The number of hydrogen-bond donors (Lipinski definition) is 2. The van der Waals surface area contributed by atoms with Crippen molar-refractivity contribution >= 4 is 29.9 Å². The highest BCUT2D eigenvalue weighted by atomic mass is 127. The van der Waals surface area contributed by atoms with Crippen LogP contribution in [-0.4, -0.2) is 5.96 Å². The van der Waals surface area contributed by atoms with E-state index in [1.54, 1.807) is 0 Å². The lowest BCUT2D eigenvalue weighted by Crippen LogP contribution is -2.22. The summed E-state index contributed by atoms with van der Waals surface area (Å²) in [5.41, 5.74) is 9.85. The van der Waals surface area contributed by atoms with Gasteiger partial charge in [0.1, 0.15) is 0 Å². The van der Waals surface area contributed by atoms with Gasteiger partial charge in [-0.2, -0.15) is 13.2 Å². The fourth-order valence-electron chi connectivity index (χ4n) is 1.03. The van der Waals surface area contributed by atoms with E-state index in [-0.39, 0.29) is 36.5 Å². The van der Waals surface area contributed by atoms with Gasteiger partial charge in [0.2, 0.25) is 0 Å². The molecule has 1 rings (SSSR count). The molecular weight excluding hydrogens is 334 g/mol.